The smallest absolute Gasteiger partial charge is 0.311 e. The Hall–Kier alpha value is -2.61. The van der Waals surface area contributed by atoms with Crippen molar-refractivity contribution in [2.24, 2.45) is 5.41 Å². The molecule has 3 rings (SSSR count). The topological polar surface area (TPSA) is 77.2 Å². The van der Waals surface area contributed by atoms with Gasteiger partial charge in [0, 0.05) is 18.5 Å². The van der Waals surface area contributed by atoms with Gasteiger partial charge >= 0.3 is 5.97 Å². The lowest BCUT2D eigenvalue weighted by Crippen LogP contribution is -2.32. The van der Waals surface area contributed by atoms with Crippen LogP contribution in [0.25, 0.3) is 10.9 Å². The summed E-state index contributed by atoms with van der Waals surface area (Å²) >= 11 is 0. The summed E-state index contributed by atoms with van der Waals surface area (Å²) in [5, 5.41) is 19.9. The summed E-state index contributed by atoms with van der Waals surface area (Å²) in [7, 11) is 0. The first-order valence-electron chi connectivity index (χ1n) is 7.24. The predicted octanol–water partition coefficient (Wildman–Crippen LogP) is 2.72. The Kier molecular flexibility index (Phi) is 3.25. The van der Waals surface area contributed by atoms with E-state index < -0.39 is 11.4 Å². The normalized spacial score (nSPS) is 21.0. The van der Waals surface area contributed by atoms with Crippen molar-refractivity contribution in [2.45, 2.75) is 20.3 Å². The van der Waals surface area contributed by atoms with Gasteiger partial charge in [-0.15, -0.1) is 0 Å². The summed E-state index contributed by atoms with van der Waals surface area (Å²) in [4.78, 5) is 18.0. The van der Waals surface area contributed by atoms with Crippen LogP contribution in [-0.4, -0.2) is 29.1 Å². The minimum absolute atomic E-state index is 0.377. The van der Waals surface area contributed by atoms with Crippen LogP contribution in [-0.2, 0) is 4.79 Å². The number of fused-ring (bicyclic) bond motifs is 1. The van der Waals surface area contributed by atoms with Gasteiger partial charge in [-0.05, 0) is 31.9 Å². The minimum Gasteiger partial charge on any atom is -0.481 e. The maximum atomic E-state index is 11.4. The number of para-hydroxylation sites is 1. The van der Waals surface area contributed by atoms with Crippen molar-refractivity contribution in [1.82, 2.24) is 4.98 Å². The summed E-state index contributed by atoms with van der Waals surface area (Å²) in [6.07, 6.45) is 0.556. The van der Waals surface area contributed by atoms with E-state index in [1.807, 2.05) is 36.1 Å². The Morgan fingerprint density at radius 2 is 2.18 bits per heavy atom. The Labute approximate surface area is 128 Å². The first-order chi connectivity index (χ1) is 10.5. The molecule has 1 aliphatic rings. The lowest BCUT2D eigenvalue weighted by Gasteiger charge is -2.23. The monoisotopic (exact) mass is 295 g/mol. The average molecular weight is 295 g/mol. The summed E-state index contributed by atoms with van der Waals surface area (Å²) in [6, 6.07) is 9.94. The molecule has 5 nitrogen and oxygen atoms in total. The number of nitriles is 1. The van der Waals surface area contributed by atoms with Crippen molar-refractivity contribution in [2.75, 3.05) is 18.0 Å². The number of carboxylic acid groups (broad SMARTS) is 1. The predicted molar refractivity (Wildman–Crippen MR) is 83.8 cm³/mol. The number of rotatable bonds is 2. The fraction of sp³-hybridized carbons (Fsp3) is 0.353. The molecule has 0 bridgehead atoms. The Bertz CT molecular complexity index is 809. The van der Waals surface area contributed by atoms with Crippen LogP contribution in [0.4, 0.5) is 5.82 Å². The highest BCUT2D eigenvalue weighted by Gasteiger charge is 2.41. The highest BCUT2D eigenvalue weighted by Crippen LogP contribution is 2.36. The summed E-state index contributed by atoms with van der Waals surface area (Å²) in [6.45, 7) is 4.64. The van der Waals surface area contributed by atoms with E-state index in [-0.39, 0.29) is 0 Å². The number of hydrogen-bond acceptors (Lipinski definition) is 4. The molecule has 1 N–H and O–H groups in total. The molecule has 2 heterocycles. The molecule has 1 aromatic carbocycles. The first-order valence-corrected chi connectivity index (χ1v) is 7.24. The second-order valence-corrected chi connectivity index (χ2v) is 6.10. The van der Waals surface area contributed by atoms with E-state index in [9.17, 15) is 15.2 Å². The molecular weight excluding hydrogens is 278 g/mol. The largest absolute Gasteiger partial charge is 0.481 e. The highest BCUT2D eigenvalue weighted by molar-refractivity contribution is 5.87. The van der Waals surface area contributed by atoms with Crippen molar-refractivity contribution in [3.05, 3.63) is 35.4 Å². The number of carbonyl (C=O) groups is 1. The molecule has 2 aromatic rings. The zero-order valence-corrected chi connectivity index (χ0v) is 12.6. The summed E-state index contributed by atoms with van der Waals surface area (Å²) in [5.74, 6) is -0.199. The number of pyridine rings is 1. The van der Waals surface area contributed by atoms with Gasteiger partial charge in [0.2, 0.25) is 0 Å². The fourth-order valence-corrected chi connectivity index (χ4v) is 3.04. The van der Waals surface area contributed by atoms with Crippen LogP contribution in [0.1, 0.15) is 24.5 Å². The molecule has 112 valence electrons. The third-order valence-corrected chi connectivity index (χ3v) is 4.53. The molecule has 1 aliphatic heterocycles. The molecule has 0 spiro atoms. The van der Waals surface area contributed by atoms with Crippen LogP contribution in [0, 0.1) is 23.7 Å². The highest BCUT2D eigenvalue weighted by atomic mass is 16.4. The lowest BCUT2D eigenvalue weighted by atomic mass is 9.90. The van der Waals surface area contributed by atoms with Crippen molar-refractivity contribution in [1.29, 1.82) is 5.26 Å². The molecule has 0 radical (unpaired) electrons. The maximum Gasteiger partial charge on any atom is 0.311 e. The molecule has 1 fully saturated rings. The van der Waals surface area contributed by atoms with E-state index in [1.54, 1.807) is 6.92 Å². The molecule has 1 aromatic heterocycles. The second kappa shape index (κ2) is 4.99. The number of aliphatic carboxylic acids is 1. The van der Waals surface area contributed by atoms with Crippen molar-refractivity contribution < 1.29 is 9.90 Å². The van der Waals surface area contributed by atoms with Gasteiger partial charge in [0.15, 0.2) is 0 Å². The van der Waals surface area contributed by atoms with Gasteiger partial charge in [-0.1, -0.05) is 18.2 Å². The number of nitrogens with zero attached hydrogens (tertiary/aromatic N) is 3. The van der Waals surface area contributed by atoms with Crippen LogP contribution >= 0.6 is 0 Å². The molecule has 0 aliphatic carbocycles. The van der Waals surface area contributed by atoms with Gasteiger partial charge in [0.05, 0.1) is 16.5 Å². The SMILES string of the molecule is Cc1c(C#N)c(N2CCC(C)(C(=O)O)C2)nc2ccccc12. The molecule has 0 saturated carbocycles. The Balaban J connectivity index is 2.12. The van der Waals surface area contributed by atoms with E-state index >= 15 is 0 Å². The van der Waals surface area contributed by atoms with E-state index in [0.29, 0.717) is 30.9 Å². The minimum atomic E-state index is -0.800. The van der Waals surface area contributed by atoms with E-state index in [0.717, 1.165) is 16.5 Å². The molecule has 1 saturated heterocycles. The van der Waals surface area contributed by atoms with Gasteiger partial charge in [-0.3, -0.25) is 4.79 Å². The van der Waals surface area contributed by atoms with Crippen LogP contribution in [0.15, 0.2) is 24.3 Å². The molecule has 22 heavy (non-hydrogen) atoms. The summed E-state index contributed by atoms with van der Waals surface area (Å²) < 4.78 is 0. The number of carboxylic acids is 1. The van der Waals surface area contributed by atoms with E-state index in [1.165, 1.54) is 0 Å². The van der Waals surface area contributed by atoms with Crippen molar-refractivity contribution >= 4 is 22.7 Å². The fourth-order valence-electron chi connectivity index (χ4n) is 3.04. The third-order valence-electron chi connectivity index (χ3n) is 4.53. The van der Waals surface area contributed by atoms with Gasteiger partial charge in [0.1, 0.15) is 11.9 Å². The number of benzene rings is 1. The molecule has 0 amide bonds. The number of hydrogen-bond donors (Lipinski definition) is 1. The van der Waals surface area contributed by atoms with Crippen LogP contribution < -0.4 is 4.90 Å². The standard InChI is InChI=1S/C17H17N3O2/c1-11-12-5-3-4-6-14(12)19-15(13(11)9-18)20-8-7-17(2,10-20)16(21)22/h3-6H,7-8,10H2,1-2H3,(H,21,22). The lowest BCUT2D eigenvalue weighted by molar-refractivity contribution is -0.146. The van der Waals surface area contributed by atoms with Crippen LogP contribution in [0.3, 0.4) is 0 Å². The maximum absolute atomic E-state index is 11.4. The first kappa shape index (κ1) is 14.3. The number of anilines is 1. The Morgan fingerprint density at radius 1 is 1.45 bits per heavy atom. The number of aromatic nitrogens is 1. The third kappa shape index (κ3) is 2.08. The quantitative estimate of drug-likeness (QED) is 0.921. The van der Waals surface area contributed by atoms with Gasteiger partial charge in [-0.2, -0.15) is 5.26 Å². The molecule has 1 atom stereocenters. The van der Waals surface area contributed by atoms with E-state index in [4.69, 9.17) is 0 Å². The van der Waals surface area contributed by atoms with Crippen molar-refractivity contribution in [3.8, 4) is 6.07 Å². The van der Waals surface area contributed by atoms with Crippen LogP contribution in [0.2, 0.25) is 0 Å². The molecule has 5 heteroatoms. The Morgan fingerprint density at radius 3 is 2.82 bits per heavy atom. The zero-order valence-electron chi connectivity index (χ0n) is 12.6. The van der Waals surface area contributed by atoms with E-state index in [2.05, 4.69) is 11.1 Å². The average Bonchev–Trinajstić information content (AvgIpc) is 2.91. The molecule has 1 unspecified atom stereocenters. The number of aryl methyl sites for hydroxylation is 1. The van der Waals surface area contributed by atoms with Crippen LogP contribution in [0.5, 0.6) is 0 Å². The van der Waals surface area contributed by atoms with Gasteiger partial charge in [-0.25, -0.2) is 4.98 Å². The van der Waals surface area contributed by atoms with Gasteiger partial charge < -0.3 is 10.0 Å². The molecular formula is C17H17N3O2. The summed E-state index contributed by atoms with van der Waals surface area (Å²) in [5.41, 5.74) is 1.48. The van der Waals surface area contributed by atoms with Gasteiger partial charge in [0.25, 0.3) is 0 Å². The van der Waals surface area contributed by atoms with Crippen molar-refractivity contribution in [3.63, 3.8) is 0 Å². The second-order valence-electron chi connectivity index (χ2n) is 6.10. The zero-order chi connectivity index (χ0) is 15.9.